The number of carbonyl (C=O) groups is 1. The number of carboxylic acid groups (broad SMARTS) is 1. The van der Waals surface area contributed by atoms with Crippen molar-refractivity contribution in [2.75, 3.05) is 5.32 Å². The molecule has 0 unspecified atom stereocenters. The van der Waals surface area contributed by atoms with Crippen molar-refractivity contribution in [3.63, 3.8) is 0 Å². The summed E-state index contributed by atoms with van der Waals surface area (Å²) in [5, 5.41) is 12.1. The number of nitrogens with one attached hydrogen (secondary N) is 1. The van der Waals surface area contributed by atoms with E-state index in [4.69, 9.17) is 16.7 Å². The van der Waals surface area contributed by atoms with E-state index in [1.54, 1.807) is 0 Å². The van der Waals surface area contributed by atoms with Crippen LogP contribution in [0.15, 0.2) is 30.5 Å². The Kier molecular flexibility index (Phi) is 3.97. The van der Waals surface area contributed by atoms with Gasteiger partial charge in [-0.05, 0) is 25.1 Å². The van der Waals surface area contributed by atoms with Crippen molar-refractivity contribution in [2.45, 2.75) is 13.5 Å². The maximum Gasteiger partial charge on any atom is 0.337 e. The van der Waals surface area contributed by atoms with E-state index >= 15 is 0 Å². The molecule has 0 radical (unpaired) electrons. The van der Waals surface area contributed by atoms with Gasteiger partial charge in [0, 0.05) is 11.9 Å². The highest BCUT2D eigenvalue weighted by Gasteiger charge is 2.10. The van der Waals surface area contributed by atoms with Crippen LogP contribution < -0.4 is 5.32 Å². The molecule has 0 atom stereocenters. The lowest BCUT2D eigenvalue weighted by atomic mass is 10.2. The molecule has 2 N–H and O–H groups in total. The summed E-state index contributed by atoms with van der Waals surface area (Å²) in [7, 11) is 0. The molecule has 0 aliphatic rings. The van der Waals surface area contributed by atoms with Crippen molar-refractivity contribution in [1.82, 2.24) is 9.97 Å². The van der Waals surface area contributed by atoms with Crippen LogP contribution in [-0.2, 0) is 6.54 Å². The van der Waals surface area contributed by atoms with Crippen LogP contribution >= 0.6 is 11.6 Å². The number of aromatic carboxylic acids is 1. The molecule has 0 fully saturated rings. The molecule has 2 heterocycles. The molecule has 0 spiro atoms. The molecule has 19 heavy (non-hydrogen) atoms. The Morgan fingerprint density at radius 2 is 2.26 bits per heavy atom. The highest BCUT2D eigenvalue weighted by atomic mass is 35.5. The summed E-state index contributed by atoms with van der Waals surface area (Å²) < 4.78 is 0. The minimum atomic E-state index is -1.08. The standard InChI is InChI=1S/C13H12ClN3O2/c1-8-3-2-4-9(17-8)6-15-12-5-10(13(18)19)11(14)7-16-12/h2-5,7H,6H2,1H3,(H,15,16)(H,18,19). The van der Waals surface area contributed by atoms with Crippen molar-refractivity contribution in [2.24, 2.45) is 0 Å². The molecule has 6 heteroatoms. The molecule has 5 nitrogen and oxygen atoms in total. The van der Waals surface area contributed by atoms with Gasteiger partial charge in [-0.1, -0.05) is 17.7 Å². The highest BCUT2D eigenvalue weighted by molar-refractivity contribution is 6.33. The second-order valence-electron chi connectivity index (χ2n) is 3.98. The Labute approximate surface area is 115 Å². The maximum absolute atomic E-state index is 10.9. The summed E-state index contributed by atoms with van der Waals surface area (Å²) in [4.78, 5) is 19.3. The Morgan fingerprint density at radius 1 is 1.47 bits per heavy atom. The number of pyridine rings is 2. The topological polar surface area (TPSA) is 75.1 Å². The number of rotatable bonds is 4. The SMILES string of the molecule is Cc1cccc(CNc2cc(C(=O)O)c(Cl)cn2)n1. The first kappa shape index (κ1) is 13.3. The van der Waals surface area contributed by atoms with Crippen LogP contribution in [0.25, 0.3) is 0 Å². The van der Waals surface area contributed by atoms with Gasteiger partial charge < -0.3 is 10.4 Å². The minimum absolute atomic E-state index is 0.0244. The Hall–Kier alpha value is -2.14. The molecule has 0 aliphatic heterocycles. The Morgan fingerprint density at radius 3 is 2.95 bits per heavy atom. The van der Waals surface area contributed by atoms with Gasteiger partial charge in [0.15, 0.2) is 0 Å². The molecule has 0 saturated heterocycles. The quantitative estimate of drug-likeness (QED) is 0.899. The van der Waals surface area contributed by atoms with Crippen LogP contribution in [0, 0.1) is 6.92 Å². The van der Waals surface area contributed by atoms with Gasteiger partial charge in [0.05, 0.1) is 22.8 Å². The summed E-state index contributed by atoms with van der Waals surface area (Å²) in [6.07, 6.45) is 1.32. The molecule has 0 saturated carbocycles. The van der Waals surface area contributed by atoms with Gasteiger partial charge in [0.2, 0.25) is 0 Å². The first-order valence-corrected chi connectivity index (χ1v) is 5.99. The second kappa shape index (κ2) is 5.67. The Balaban J connectivity index is 2.12. The molecule has 2 aromatic rings. The zero-order chi connectivity index (χ0) is 13.8. The molecule has 2 aromatic heterocycles. The fraction of sp³-hybridized carbons (Fsp3) is 0.154. The summed E-state index contributed by atoms with van der Waals surface area (Å²) in [5.74, 6) is -0.630. The molecule has 0 aromatic carbocycles. The lowest BCUT2D eigenvalue weighted by Gasteiger charge is -2.07. The maximum atomic E-state index is 10.9. The van der Waals surface area contributed by atoms with Crippen LogP contribution in [0.3, 0.4) is 0 Å². The molecular formula is C13H12ClN3O2. The van der Waals surface area contributed by atoms with Gasteiger partial charge in [0.1, 0.15) is 5.82 Å². The van der Waals surface area contributed by atoms with E-state index in [1.165, 1.54) is 12.3 Å². The van der Waals surface area contributed by atoms with Crippen LogP contribution in [0.1, 0.15) is 21.7 Å². The normalized spacial score (nSPS) is 10.2. The monoisotopic (exact) mass is 277 g/mol. The predicted octanol–water partition coefficient (Wildman–Crippen LogP) is 2.75. The van der Waals surface area contributed by atoms with Crippen molar-refractivity contribution < 1.29 is 9.90 Å². The smallest absolute Gasteiger partial charge is 0.337 e. The van der Waals surface area contributed by atoms with Crippen LogP contribution in [0.5, 0.6) is 0 Å². The van der Waals surface area contributed by atoms with Gasteiger partial charge in [-0.2, -0.15) is 0 Å². The minimum Gasteiger partial charge on any atom is -0.478 e. The average Bonchev–Trinajstić information content (AvgIpc) is 2.37. The van der Waals surface area contributed by atoms with Crippen LogP contribution in [0.2, 0.25) is 5.02 Å². The molecule has 0 bridgehead atoms. The van der Waals surface area contributed by atoms with E-state index in [1.807, 2.05) is 25.1 Å². The average molecular weight is 278 g/mol. The van der Waals surface area contributed by atoms with E-state index in [-0.39, 0.29) is 10.6 Å². The van der Waals surface area contributed by atoms with E-state index in [0.717, 1.165) is 11.4 Å². The van der Waals surface area contributed by atoms with Gasteiger partial charge in [-0.25, -0.2) is 9.78 Å². The molecule has 0 aliphatic carbocycles. The second-order valence-corrected chi connectivity index (χ2v) is 4.39. The zero-order valence-electron chi connectivity index (χ0n) is 10.2. The lowest BCUT2D eigenvalue weighted by Crippen LogP contribution is -2.06. The number of hydrogen-bond acceptors (Lipinski definition) is 4. The van der Waals surface area contributed by atoms with Gasteiger partial charge >= 0.3 is 5.97 Å². The van der Waals surface area contributed by atoms with Crippen molar-refractivity contribution in [3.8, 4) is 0 Å². The number of aromatic nitrogens is 2. The van der Waals surface area contributed by atoms with Gasteiger partial charge in [0.25, 0.3) is 0 Å². The number of aryl methyl sites for hydroxylation is 1. The third kappa shape index (κ3) is 3.42. The number of halogens is 1. The zero-order valence-corrected chi connectivity index (χ0v) is 11.0. The third-order valence-corrected chi connectivity index (χ3v) is 2.78. The van der Waals surface area contributed by atoms with Gasteiger partial charge in [-0.3, -0.25) is 4.98 Å². The van der Waals surface area contributed by atoms with Crippen LogP contribution in [0.4, 0.5) is 5.82 Å². The Bertz CT molecular complexity index is 617. The van der Waals surface area contributed by atoms with Crippen molar-refractivity contribution in [1.29, 1.82) is 0 Å². The van der Waals surface area contributed by atoms with E-state index in [2.05, 4.69) is 15.3 Å². The largest absolute Gasteiger partial charge is 0.478 e. The van der Waals surface area contributed by atoms with Crippen LogP contribution in [-0.4, -0.2) is 21.0 Å². The van der Waals surface area contributed by atoms with Gasteiger partial charge in [-0.15, -0.1) is 0 Å². The molecule has 0 amide bonds. The number of hydrogen-bond donors (Lipinski definition) is 2. The van der Waals surface area contributed by atoms with Crippen molar-refractivity contribution in [3.05, 3.63) is 52.4 Å². The summed E-state index contributed by atoms with van der Waals surface area (Å²) in [6.45, 7) is 2.38. The number of nitrogens with zero attached hydrogens (tertiary/aromatic N) is 2. The molecular weight excluding hydrogens is 266 g/mol. The molecule has 2 rings (SSSR count). The number of carboxylic acids is 1. The first-order valence-electron chi connectivity index (χ1n) is 5.61. The lowest BCUT2D eigenvalue weighted by molar-refractivity contribution is 0.0697. The highest BCUT2D eigenvalue weighted by Crippen LogP contribution is 2.18. The van der Waals surface area contributed by atoms with E-state index < -0.39 is 5.97 Å². The summed E-state index contributed by atoms with van der Waals surface area (Å²) in [6, 6.07) is 7.11. The third-order valence-electron chi connectivity index (χ3n) is 2.48. The predicted molar refractivity (Wildman–Crippen MR) is 72.5 cm³/mol. The molecule has 98 valence electrons. The van der Waals surface area contributed by atoms with E-state index in [0.29, 0.717) is 12.4 Å². The fourth-order valence-corrected chi connectivity index (χ4v) is 1.76. The van der Waals surface area contributed by atoms with Crippen molar-refractivity contribution >= 4 is 23.4 Å². The fourth-order valence-electron chi connectivity index (χ4n) is 1.58. The van der Waals surface area contributed by atoms with E-state index in [9.17, 15) is 4.79 Å². The summed E-state index contributed by atoms with van der Waals surface area (Å²) >= 11 is 5.75. The summed E-state index contributed by atoms with van der Waals surface area (Å²) in [5.41, 5.74) is 1.81. The number of anilines is 1. The first-order chi connectivity index (χ1) is 9.06.